The number of hydrogen-bond donors (Lipinski definition) is 3. The highest BCUT2D eigenvalue weighted by atomic mass is 32.1. The predicted octanol–water partition coefficient (Wildman–Crippen LogP) is 2.16. The number of carboxylic acid groups (broad SMARTS) is 1. The zero-order valence-electron chi connectivity index (χ0n) is 14.5. The fourth-order valence-corrected chi connectivity index (χ4v) is 5.70. The number of nitrogens with one attached hydrogen (secondary N) is 2. The van der Waals surface area contributed by atoms with Crippen LogP contribution in [0.3, 0.4) is 0 Å². The molecule has 0 aromatic carbocycles. The number of aliphatic carboxylic acids is 1. The number of thiophene rings is 1. The molecule has 3 aliphatic carbocycles. The minimum Gasteiger partial charge on any atom is -0.481 e. The normalized spacial score (nSPS) is 31.5. The summed E-state index contributed by atoms with van der Waals surface area (Å²) in [5, 5.41) is 9.43. The maximum absolute atomic E-state index is 12.5. The van der Waals surface area contributed by atoms with Gasteiger partial charge in [-0.2, -0.15) is 0 Å². The van der Waals surface area contributed by atoms with Gasteiger partial charge in [0.15, 0.2) is 0 Å². The standard InChI is InChI=1S/C19H22N2O4S/c1-9-2-5-13-12(6-9)8-14(26-13)17(22)20-21-18(23)15-10-3-4-11(7-10)16(15)19(24)25/h3-4,8-11,15-16H,2,5-7H2,1H3,(H,20,22)(H,21,23)(H,24,25)/t9-,10+,11+,15-,16-/m1/s1. The number of allylic oxidation sites excluding steroid dienone is 2. The van der Waals surface area contributed by atoms with E-state index < -0.39 is 23.7 Å². The first-order valence-corrected chi connectivity index (χ1v) is 9.88. The highest BCUT2D eigenvalue weighted by Crippen LogP contribution is 2.48. The van der Waals surface area contributed by atoms with E-state index in [2.05, 4.69) is 17.8 Å². The second-order valence-corrected chi connectivity index (χ2v) is 8.83. The molecule has 1 aromatic heterocycles. The van der Waals surface area contributed by atoms with Crippen molar-refractivity contribution in [2.24, 2.45) is 29.6 Å². The number of carbonyl (C=O) groups is 3. The average Bonchev–Trinajstić information content (AvgIpc) is 3.31. The molecule has 1 fully saturated rings. The lowest BCUT2D eigenvalue weighted by atomic mass is 9.82. The Kier molecular flexibility index (Phi) is 4.34. The maximum atomic E-state index is 12.5. The summed E-state index contributed by atoms with van der Waals surface area (Å²) < 4.78 is 0. The largest absolute Gasteiger partial charge is 0.481 e. The molecule has 5 atom stereocenters. The van der Waals surface area contributed by atoms with E-state index in [4.69, 9.17) is 0 Å². The molecule has 2 amide bonds. The van der Waals surface area contributed by atoms with Crippen molar-refractivity contribution in [1.29, 1.82) is 0 Å². The van der Waals surface area contributed by atoms with Crippen molar-refractivity contribution in [1.82, 2.24) is 10.9 Å². The molecule has 0 aliphatic heterocycles. The topological polar surface area (TPSA) is 95.5 Å². The third kappa shape index (κ3) is 2.94. The molecule has 0 spiro atoms. The Bertz CT molecular complexity index is 799. The highest BCUT2D eigenvalue weighted by molar-refractivity contribution is 7.14. The van der Waals surface area contributed by atoms with Crippen LogP contribution in [-0.4, -0.2) is 22.9 Å². The number of carboxylic acids is 1. The molecule has 2 bridgehead atoms. The van der Waals surface area contributed by atoms with Crippen LogP contribution in [0.4, 0.5) is 0 Å². The summed E-state index contributed by atoms with van der Waals surface area (Å²) in [6, 6.07) is 1.91. The molecule has 0 unspecified atom stereocenters. The molecule has 1 aromatic rings. The monoisotopic (exact) mass is 374 g/mol. The van der Waals surface area contributed by atoms with Crippen molar-refractivity contribution in [2.45, 2.75) is 32.6 Å². The highest BCUT2D eigenvalue weighted by Gasteiger charge is 2.51. The molecule has 6 nitrogen and oxygen atoms in total. The van der Waals surface area contributed by atoms with Gasteiger partial charge in [-0.3, -0.25) is 25.2 Å². The summed E-state index contributed by atoms with van der Waals surface area (Å²) in [5.41, 5.74) is 6.15. The number of hydrogen-bond acceptors (Lipinski definition) is 4. The first-order chi connectivity index (χ1) is 12.4. The Morgan fingerprint density at radius 1 is 1.15 bits per heavy atom. The lowest BCUT2D eigenvalue weighted by Gasteiger charge is -2.23. The van der Waals surface area contributed by atoms with Crippen molar-refractivity contribution in [2.75, 3.05) is 0 Å². The van der Waals surface area contributed by atoms with Crippen molar-refractivity contribution in [3.63, 3.8) is 0 Å². The molecule has 138 valence electrons. The van der Waals surface area contributed by atoms with Crippen LogP contribution in [0, 0.1) is 29.6 Å². The first kappa shape index (κ1) is 17.3. The second-order valence-electron chi connectivity index (χ2n) is 7.69. The van der Waals surface area contributed by atoms with Gasteiger partial charge >= 0.3 is 5.97 Å². The van der Waals surface area contributed by atoms with Crippen molar-refractivity contribution in [3.8, 4) is 0 Å². The zero-order chi connectivity index (χ0) is 18.4. The van der Waals surface area contributed by atoms with Crippen LogP contribution >= 0.6 is 11.3 Å². The van der Waals surface area contributed by atoms with Crippen LogP contribution < -0.4 is 10.9 Å². The number of rotatable bonds is 3. The minimum absolute atomic E-state index is 0.0615. The Morgan fingerprint density at radius 3 is 2.62 bits per heavy atom. The van der Waals surface area contributed by atoms with Crippen LogP contribution in [-0.2, 0) is 22.4 Å². The molecule has 7 heteroatoms. The molecule has 1 saturated carbocycles. The molecular formula is C19H22N2O4S. The Labute approximate surface area is 155 Å². The zero-order valence-corrected chi connectivity index (χ0v) is 15.3. The molecular weight excluding hydrogens is 352 g/mol. The third-order valence-corrected chi connectivity index (χ3v) is 7.14. The lowest BCUT2D eigenvalue weighted by molar-refractivity contribution is -0.148. The molecule has 26 heavy (non-hydrogen) atoms. The number of hydrazine groups is 1. The number of fused-ring (bicyclic) bond motifs is 3. The van der Waals surface area contributed by atoms with E-state index in [1.165, 1.54) is 21.8 Å². The van der Waals surface area contributed by atoms with E-state index in [0.717, 1.165) is 19.3 Å². The van der Waals surface area contributed by atoms with Gasteiger partial charge in [0.1, 0.15) is 0 Å². The van der Waals surface area contributed by atoms with Crippen molar-refractivity contribution in [3.05, 3.63) is 33.5 Å². The summed E-state index contributed by atoms with van der Waals surface area (Å²) in [6.45, 7) is 2.21. The molecule has 4 rings (SSSR count). The fourth-order valence-electron chi connectivity index (χ4n) is 4.60. The van der Waals surface area contributed by atoms with Crippen molar-refractivity contribution >= 4 is 29.1 Å². The van der Waals surface area contributed by atoms with E-state index >= 15 is 0 Å². The van der Waals surface area contributed by atoms with Crippen LogP contribution in [0.5, 0.6) is 0 Å². The van der Waals surface area contributed by atoms with Gasteiger partial charge in [0.2, 0.25) is 5.91 Å². The molecule has 0 radical (unpaired) electrons. The summed E-state index contributed by atoms with van der Waals surface area (Å²) in [6.07, 6.45) is 7.63. The first-order valence-electron chi connectivity index (χ1n) is 9.07. The summed E-state index contributed by atoms with van der Waals surface area (Å²) in [5.74, 6) is -2.56. The van der Waals surface area contributed by atoms with Crippen LogP contribution in [0.2, 0.25) is 0 Å². The smallest absolute Gasteiger partial charge is 0.307 e. The van der Waals surface area contributed by atoms with Crippen LogP contribution in [0.15, 0.2) is 18.2 Å². The fraction of sp³-hybridized carbons (Fsp3) is 0.526. The van der Waals surface area contributed by atoms with Crippen molar-refractivity contribution < 1.29 is 19.5 Å². The Hall–Kier alpha value is -2.15. The quantitative estimate of drug-likeness (QED) is 0.558. The SMILES string of the molecule is C[C@@H]1CCc2sc(C(=O)NNC(=O)[C@H]3[C@H](C(=O)O)[C@H]4C=C[C@H]3C4)cc2C1. The lowest BCUT2D eigenvalue weighted by Crippen LogP contribution is -2.48. The van der Waals surface area contributed by atoms with Gasteiger partial charge in [0.05, 0.1) is 16.7 Å². The van der Waals surface area contributed by atoms with Gasteiger partial charge in [0.25, 0.3) is 5.91 Å². The van der Waals surface area contributed by atoms with Gasteiger partial charge in [-0.15, -0.1) is 11.3 Å². The number of amides is 2. The van der Waals surface area contributed by atoms with Gasteiger partial charge < -0.3 is 5.11 Å². The molecule has 3 aliphatic rings. The van der Waals surface area contributed by atoms with Crippen LogP contribution in [0.1, 0.15) is 39.9 Å². The summed E-state index contributed by atoms with van der Waals surface area (Å²) in [7, 11) is 0. The van der Waals surface area contributed by atoms with E-state index in [9.17, 15) is 19.5 Å². The summed E-state index contributed by atoms with van der Waals surface area (Å²) >= 11 is 1.48. The molecule has 1 heterocycles. The third-order valence-electron chi connectivity index (χ3n) is 5.90. The summed E-state index contributed by atoms with van der Waals surface area (Å²) in [4.78, 5) is 38.2. The minimum atomic E-state index is -0.951. The van der Waals surface area contributed by atoms with Crippen LogP contribution in [0.25, 0.3) is 0 Å². The van der Waals surface area contributed by atoms with Gasteiger partial charge in [-0.05, 0) is 55.1 Å². The van der Waals surface area contributed by atoms with Gasteiger partial charge in [-0.1, -0.05) is 19.1 Å². The Morgan fingerprint density at radius 2 is 1.88 bits per heavy atom. The van der Waals surface area contributed by atoms with Gasteiger partial charge in [-0.25, -0.2) is 0 Å². The predicted molar refractivity (Wildman–Crippen MR) is 96.5 cm³/mol. The number of carbonyl (C=O) groups excluding carboxylic acids is 2. The number of aryl methyl sites for hydroxylation is 1. The van der Waals surface area contributed by atoms with E-state index in [0.29, 0.717) is 17.2 Å². The molecule has 3 N–H and O–H groups in total. The molecule has 0 saturated heterocycles. The van der Waals surface area contributed by atoms with E-state index in [-0.39, 0.29) is 17.7 Å². The maximum Gasteiger partial charge on any atom is 0.307 e. The Balaban J connectivity index is 1.40. The average molecular weight is 374 g/mol. The second kappa shape index (κ2) is 6.54. The van der Waals surface area contributed by atoms with E-state index in [1.54, 1.807) is 0 Å². The van der Waals surface area contributed by atoms with Gasteiger partial charge in [0, 0.05) is 4.88 Å². The van der Waals surface area contributed by atoms with E-state index in [1.807, 2.05) is 18.2 Å².